The third-order valence-corrected chi connectivity index (χ3v) is 4.42. The first-order valence-corrected chi connectivity index (χ1v) is 9.11. The fourth-order valence-electron chi connectivity index (χ4n) is 2.59. The van der Waals surface area contributed by atoms with E-state index in [-0.39, 0.29) is 22.3 Å². The highest BCUT2D eigenvalue weighted by atomic mass is 35.5. The van der Waals surface area contributed by atoms with Crippen LogP contribution >= 0.6 is 23.2 Å². The summed E-state index contributed by atoms with van der Waals surface area (Å²) in [6.07, 6.45) is -4.58. The molecule has 0 saturated carbocycles. The highest BCUT2D eigenvalue weighted by Crippen LogP contribution is 2.39. The minimum absolute atomic E-state index is 0.00172. The van der Waals surface area contributed by atoms with E-state index >= 15 is 0 Å². The number of ether oxygens (including phenoxy) is 1. The second-order valence-electron chi connectivity index (χ2n) is 5.91. The lowest BCUT2D eigenvalue weighted by atomic mass is 10.1. The van der Waals surface area contributed by atoms with E-state index in [0.29, 0.717) is 11.1 Å². The van der Waals surface area contributed by atoms with Crippen molar-refractivity contribution in [2.75, 3.05) is 6.54 Å². The predicted octanol–water partition coefficient (Wildman–Crippen LogP) is 5.53. The number of hydrogen-bond donors (Lipinski definition) is 1. The Morgan fingerprint density at radius 2 is 1.86 bits per heavy atom. The van der Waals surface area contributed by atoms with Crippen molar-refractivity contribution in [2.45, 2.75) is 12.6 Å². The van der Waals surface area contributed by atoms with Crippen LogP contribution in [0.25, 0.3) is 5.69 Å². The van der Waals surface area contributed by atoms with Gasteiger partial charge in [0, 0.05) is 11.6 Å². The van der Waals surface area contributed by atoms with Crippen molar-refractivity contribution in [3.63, 3.8) is 0 Å². The monoisotopic (exact) mass is 443 g/mol. The molecule has 152 valence electrons. The van der Waals surface area contributed by atoms with Gasteiger partial charge < -0.3 is 10.1 Å². The molecule has 1 amide bonds. The Morgan fingerprint density at radius 1 is 1.14 bits per heavy atom. The third kappa shape index (κ3) is 5.21. The lowest BCUT2D eigenvalue weighted by Crippen LogP contribution is -2.29. The average molecular weight is 444 g/mol. The molecular formula is C19H14Cl2F3N3O2. The summed E-state index contributed by atoms with van der Waals surface area (Å²) in [4.78, 5) is 12.0. The second kappa shape index (κ2) is 8.75. The van der Waals surface area contributed by atoms with Gasteiger partial charge in [-0.3, -0.25) is 0 Å². The molecule has 29 heavy (non-hydrogen) atoms. The molecule has 3 aromatic rings. The van der Waals surface area contributed by atoms with Gasteiger partial charge in [0.1, 0.15) is 0 Å². The summed E-state index contributed by atoms with van der Waals surface area (Å²) < 4.78 is 46.3. The Bertz CT molecular complexity index is 1010. The quantitative estimate of drug-likeness (QED) is 0.563. The maximum absolute atomic E-state index is 13.6. The number of carbonyl (C=O) groups is 1. The SMILES string of the molecule is O=C(NCCc1ccccc1)Oc1cnn(-c2cc(Cl)ccc2Cl)c1C(F)(F)F. The van der Waals surface area contributed by atoms with Gasteiger partial charge >= 0.3 is 12.3 Å². The summed E-state index contributed by atoms with van der Waals surface area (Å²) in [5, 5.41) is 6.28. The fourth-order valence-corrected chi connectivity index (χ4v) is 2.95. The fraction of sp³-hybridized carbons (Fsp3) is 0.158. The zero-order valence-corrected chi connectivity index (χ0v) is 16.2. The lowest BCUT2D eigenvalue weighted by Gasteiger charge is -2.14. The van der Waals surface area contributed by atoms with Crippen LogP contribution in [0.5, 0.6) is 5.75 Å². The number of amides is 1. The zero-order valence-electron chi connectivity index (χ0n) is 14.7. The first-order valence-electron chi connectivity index (χ1n) is 8.36. The first kappa shape index (κ1) is 21.0. The van der Waals surface area contributed by atoms with Gasteiger partial charge in [0.25, 0.3) is 0 Å². The van der Waals surface area contributed by atoms with E-state index in [4.69, 9.17) is 27.9 Å². The van der Waals surface area contributed by atoms with Crippen LogP contribution in [0.2, 0.25) is 10.0 Å². The summed E-state index contributed by atoms with van der Waals surface area (Å²) in [5.74, 6) is -0.745. The minimum Gasteiger partial charge on any atom is -0.406 e. The molecule has 0 aliphatic carbocycles. The normalized spacial score (nSPS) is 11.3. The molecule has 0 unspecified atom stereocenters. The van der Waals surface area contributed by atoms with Gasteiger partial charge in [-0.2, -0.15) is 18.3 Å². The van der Waals surface area contributed by atoms with E-state index in [1.165, 1.54) is 18.2 Å². The summed E-state index contributed by atoms with van der Waals surface area (Å²) in [6, 6.07) is 13.3. The molecule has 0 fully saturated rings. The summed E-state index contributed by atoms with van der Waals surface area (Å²) in [6.45, 7) is 0.193. The smallest absolute Gasteiger partial charge is 0.406 e. The lowest BCUT2D eigenvalue weighted by molar-refractivity contribution is -0.143. The van der Waals surface area contributed by atoms with Crippen molar-refractivity contribution in [3.05, 3.63) is 76.0 Å². The van der Waals surface area contributed by atoms with Gasteiger partial charge in [0.2, 0.25) is 0 Å². The first-order chi connectivity index (χ1) is 13.8. The molecule has 10 heteroatoms. The van der Waals surface area contributed by atoms with Gasteiger partial charge in [-0.05, 0) is 30.2 Å². The Hall–Kier alpha value is -2.71. The van der Waals surface area contributed by atoms with Crippen LogP contribution in [0.15, 0.2) is 54.7 Å². The topological polar surface area (TPSA) is 56.1 Å². The van der Waals surface area contributed by atoms with Crippen LogP contribution in [-0.4, -0.2) is 22.4 Å². The summed E-state index contributed by atoms with van der Waals surface area (Å²) in [5.41, 5.74) is -0.405. The maximum atomic E-state index is 13.6. The number of rotatable bonds is 5. The van der Waals surface area contributed by atoms with E-state index in [1.807, 2.05) is 30.3 Å². The van der Waals surface area contributed by atoms with E-state index in [2.05, 4.69) is 10.4 Å². The number of alkyl halides is 3. The van der Waals surface area contributed by atoms with Crippen molar-refractivity contribution in [1.82, 2.24) is 15.1 Å². The van der Waals surface area contributed by atoms with Crippen LogP contribution in [0.1, 0.15) is 11.3 Å². The number of carbonyl (C=O) groups excluding carboxylic acids is 1. The van der Waals surface area contributed by atoms with E-state index < -0.39 is 23.7 Å². The zero-order chi connectivity index (χ0) is 21.0. The Kier molecular flexibility index (Phi) is 6.34. The standard InChI is InChI=1S/C19H14Cl2F3N3O2/c20-13-6-7-14(21)15(10-13)27-17(19(22,23)24)16(11-26-27)29-18(28)25-9-8-12-4-2-1-3-5-12/h1-7,10-11H,8-9H2,(H,25,28). The van der Waals surface area contributed by atoms with Crippen molar-refractivity contribution < 1.29 is 22.7 Å². The number of halogens is 5. The molecule has 0 spiro atoms. The van der Waals surface area contributed by atoms with Crippen LogP contribution in [0.4, 0.5) is 18.0 Å². The highest BCUT2D eigenvalue weighted by Gasteiger charge is 2.40. The molecule has 5 nitrogen and oxygen atoms in total. The molecule has 2 aromatic carbocycles. The highest BCUT2D eigenvalue weighted by molar-refractivity contribution is 6.34. The molecule has 0 radical (unpaired) electrons. The molecule has 0 atom stereocenters. The Morgan fingerprint density at radius 3 is 2.55 bits per heavy atom. The Labute approximate surface area is 174 Å². The Balaban J connectivity index is 1.78. The number of aromatic nitrogens is 2. The molecule has 3 rings (SSSR count). The van der Waals surface area contributed by atoms with Crippen LogP contribution in [-0.2, 0) is 12.6 Å². The van der Waals surface area contributed by atoms with Gasteiger partial charge in [0.15, 0.2) is 11.4 Å². The second-order valence-corrected chi connectivity index (χ2v) is 6.76. The number of nitrogens with one attached hydrogen (secondary N) is 1. The molecule has 0 aliphatic rings. The van der Waals surface area contributed by atoms with E-state index in [1.54, 1.807) is 0 Å². The minimum atomic E-state index is -4.86. The largest absolute Gasteiger partial charge is 0.437 e. The predicted molar refractivity (Wildman–Crippen MR) is 103 cm³/mol. The summed E-state index contributed by atoms with van der Waals surface area (Å²) >= 11 is 11.8. The molecule has 0 aliphatic heterocycles. The third-order valence-electron chi connectivity index (χ3n) is 3.87. The van der Waals surface area contributed by atoms with E-state index in [9.17, 15) is 18.0 Å². The van der Waals surface area contributed by atoms with Gasteiger partial charge in [-0.15, -0.1) is 0 Å². The molecule has 0 saturated heterocycles. The van der Waals surface area contributed by atoms with Crippen molar-refractivity contribution >= 4 is 29.3 Å². The van der Waals surface area contributed by atoms with Crippen molar-refractivity contribution in [1.29, 1.82) is 0 Å². The average Bonchev–Trinajstić information content (AvgIpc) is 3.08. The van der Waals surface area contributed by atoms with Crippen molar-refractivity contribution in [3.8, 4) is 11.4 Å². The number of benzene rings is 2. The van der Waals surface area contributed by atoms with Gasteiger partial charge in [0.05, 0.1) is 16.9 Å². The van der Waals surface area contributed by atoms with Crippen LogP contribution < -0.4 is 10.1 Å². The molecular weight excluding hydrogens is 430 g/mol. The molecule has 1 aromatic heterocycles. The molecule has 0 bridgehead atoms. The number of hydrogen-bond acceptors (Lipinski definition) is 3. The molecule has 1 N–H and O–H groups in total. The van der Waals surface area contributed by atoms with E-state index in [0.717, 1.165) is 11.8 Å². The molecule has 1 heterocycles. The van der Waals surface area contributed by atoms with Crippen LogP contribution in [0, 0.1) is 0 Å². The van der Waals surface area contributed by atoms with Crippen LogP contribution in [0.3, 0.4) is 0 Å². The summed E-state index contributed by atoms with van der Waals surface area (Å²) in [7, 11) is 0. The van der Waals surface area contributed by atoms with Crippen molar-refractivity contribution in [2.24, 2.45) is 0 Å². The number of nitrogens with zero attached hydrogens (tertiary/aromatic N) is 2. The maximum Gasteiger partial charge on any atom is 0.437 e. The van der Waals surface area contributed by atoms with Gasteiger partial charge in [-0.25, -0.2) is 9.48 Å². The van der Waals surface area contributed by atoms with Gasteiger partial charge in [-0.1, -0.05) is 53.5 Å².